The Labute approximate surface area is 212 Å². The summed E-state index contributed by atoms with van der Waals surface area (Å²) in [5, 5.41) is 4.67. The average Bonchev–Trinajstić information content (AvgIpc) is 3.32. The van der Waals surface area contributed by atoms with Crippen molar-refractivity contribution in [3.8, 4) is 5.75 Å². The van der Waals surface area contributed by atoms with Crippen LogP contribution in [-0.2, 0) is 16.1 Å². The fourth-order valence-electron chi connectivity index (χ4n) is 5.17. The first kappa shape index (κ1) is 23.9. The summed E-state index contributed by atoms with van der Waals surface area (Å²) in [6, 6.07) is 14.2. The number of aryl methyl sites for hydroxylation is 1. The van der Waals surface area contributed by atoms with Gasteiger partial charge in [0.15, 0.2) is 0 Å². The molecule has 0 unspecified atom stereocenters. The lowest BCUT2D eigenvalue weighted by Crippen LogP contribution is -2.33. The van der Waals surface area contributed by atoms with Crippen molar-refractivity contribution in [3.05, 3.63) is 83.2 Å². The van der Waals surface area contributed by atoms with Crippen molar-refractivity contribution in [1.29, 1.82) is 0 Å². The highest BCUT2D eigenvalue weighted by Gasteiger charge is 2.41. The number of benzene rings is 2. The Balaban J connectivity index is 1.66. The fourth-order valence-corrected chi connectivity index (χ4v) is 5.17. The van der Waals surface area contributed by atoms with Crippen LogP contribution in [0.5, 0.6) is 5.75 Å². The summed E-state index contributed by atoms with van der Waals surface area (Å²) in [5.74, 6) is 0.563. The first-order valence-electron chi connectivity index (χ1n) is 12.6. The largest absolute Gasteiger partial charge is 0.489 e. The molecular formula is C30H33N3O3. The highest BCUT2D eigenvalue weighted by molar-refractivity contribution is 6.11. The summed E-state index contributed by atoms with van der Waals surface area (Å²) in [6.07, 6.45) is 3.26. The number of amides is 2. The second-order valence-electron chi connectivity index (χ2n) is 10.3. The first-order valence-corrected chi connectivity index (χ1v) is 12.6. The van der Waals surface area contributed by atoms with Crippen LogP contribution in [0.2, 0.25) is 0 Å². The normalized spacial score (nSPS) is 16.9. The van der Waals surface area contributed by atoms with Gasteiger partial charge in [0.2, 0.25) is 5.91 Å². The molecule has 0 saturated carbocycles. The van der Waals surface area contributed by atoms with Gasteiger partial charge in [0.05, 0.1) is 17.6 Å². The van der Waals surface area contributed by atoms with Crippen LogP contribution in [0, 0.1) is 5.92 Å². The predicted molar refractivity (Wildman–Crippen MR) is 143 cm³/mol. The summed E-state index contributed by atoms with van der Waals surface area (Å²) in [4.78, 5) is 27.3. The van der Waals surface area contributed by atoms with E-state index in [2.05, 4.69) is 48.6 Å². The van der Waals surface area contributed by atoms with Crippen molar-refractivity contribution in [2.24, 2.45) is 5.92 Å². The van der Waals surface area contributed by atoms with Gasteiger partial charge in [0, 0.05) is 42.4 Å². The minimum absolute atomic E-state index is 0.228. The third-order valence-corrected chi connectivity index (χ3v) is 6.96. The highest BCUT2D eigenvalue weighted by Crippen LogP contribution is 2.46. The summed E-state index contributed by atoms with van der Waals surface area (Å²) in [7, 11) is 0. The predicted octanol–water partition coefficient (Wildman–Crippen LogP) is 5.84. The second-order valence-corrected chi connectivity index (χ2v) is 10.3. The Hall–Kier alpha value is -3.80. The molecule has 3 heterocycles. The summed E-state index contributed by atoms with van der Waals surface area (Å²) < 4.78 is 8.12. The Morgan fingerprint density at radius 1 is 1.17 bits per heavy atom. The van der Waals surface area contributed by atoms with E-state index in [4.69, 9.17) is 4.74 Å². The van der Waals surface area contributed by atoms with Crippen molar-refractivity contribution in [2.75, 3.05) is 18.5 Å². The van der Waals surface area contributed by atoms with Crippen LogP contribution >= 0.6 is 0 Å². The molecule has 36 heavy (non-hydrogen) atoms. The highest BCUT2D eigenvalue weighted by atomic mass is 16.5. The van der Waals surface area contributed by atoms with Crippen LogP contribution in [0.3, 0.4) is 0 Å². The molecule has 2 amide bonds. The maximum atomic E-state index is 13.6. The number of hydrogen-bond acceptors (Lipinski definition) is 4. The van der Waals surface area contributed by atoms with Gasteiger partial charge in [-0.25, -0.2) is 0 Å². The number of carbonyl (C=O) groups is 2. The molecule has 2 aliphatic rings. The van der Waals surface area contributed by atoms with Gasteiger partial charge >= 0.3 is 0 Å². The summed E-state index contributed by atoms with van der Waals surface area (Å²) >= 11 is 0. The summed E-state index contributed by atoms with van der Waals surface area (Å²) in [6.45, 7) is 13.4. The first-order chi connectivity index (χ1) is 17.2. The molecule has 6 nitrogen and oxygen atoms in total. The van der Waals surface area contributed by atoms with E-state index in [1.54, 1.807) is 0 Å². The molecule has 5 rings (SSSR count). The maximum absolute atomic E-state index is 13.6. The Morgan fingerprint density at radius 2 is 1.92 bits per heavy atom. The molecule has 0 spiro atoms. The van der Waals surface area contributed by atoms with Crippen LogP contribution in [0.4, 0.5) is 5.69 Å². The van der Waals surface area contributed by atoms with Gasteiger partial charge < -0.3 is 14.6 Å². The molecule has 0 saturated heterocycles. The molecule has 1 aromatic heterocycles. The number of aromatic nitrogens is 1. The van der Waals surface area contributed by atoms with Gasteiger partial charge in [-0.05, 0) is 60.2 Å². The molecular weight excluding hydrogens is 450 g/mol. The molecule has 6 heteroatoms. The van der Waals surface area contributed by atoms with E-state index in [-0.39, 0.29) is 24.3 Å². The van der Waals surface area contributed by atoms with E-state index in [1.165, 1.54) is 11.8 Å². The molecule has 1 atom stereocenters. The van der Waals surface area contributed by atoms with Crippen molar-refractivity contribution >= 4 is 28.4 Å². The molecule has 0 bridgehead atoms. The molecule has 0 aliphatic carbocycles. The van der Waals surface area contributed by atoms with E-state index in [0.29, 0.717) is 18.1 Å². The quantitative estimate of drug-likeness (QED) is 0.429. The van der Waals surface area contributed by atoms with Crippen LogP contribution in [0.1, 0.15) is 51.2 Å². The Bertz CT molecular complexity index is 1390. The van der Waals surface area contributed by atoms with E-state index in [1.807, 2.05) is 37.3 Å². The topological polar surface area (TPSA) is 63.6 Å². The minimum atomic E-state index is -0.300. The number of ether oxygens (including phenoxy) is 1. The number of imide groups is 1. The number of rotatable bonds is 7. The number of nitrogens with zero attached hydrogens (tertiary/aromatic N) is 2. The van der Waals surface area contributed by atoms with Crippen LogP contribution in [0.15, 0.2) is 72.1 Å². The molecule has 2 aliphatic heterocycles. The zero-order valence-corrected chi connectivity index (χ0v) is 21.4. The van der Waals surface area contributed by atoms with Crippen molar-refractivity contribution in [1.82, 2.24) is 9.47 Å². The number of anilines is 1. The smallest absolute Gasteiger partial charge is 0.259 e. The van der Waals surface area contributed by atoms with Gasteiger partial charge in [-0.15, -0.1) is 0 Å². The lowest BCUT2D eigenvalue weighted by atomic mass is 9.84. The second kappa shape index (κ2) is 9.34. The van der Waals surface area contributed by atoms with Gasteiger partial charge in [-0.2, -0.15) is 0 Å². The molecule has 1 N–H and O–H groups in total. The third-order valence-electron chi connectivity index (χ3n) is 6.96. The third kappa shape index (κ3) is 4.21. The van der Waals surface area contributed by atoms with Gasteiger partial charge in [-0.3, -0.25) is 14.5 Å². The van der Waals surface area contributed by atoms with Crippen LogP contribution in [0.25, 0.3) is 10.9 Å². The molecule has 0 radical (unpaired) electrons. The van der Waals surface area contributed by atoms with E-state index >= 15 is 0 Å². The molecule has 3 aromatic rings. The van der Waals surface area contributed by atoms with E-state index in [9.17, 15) is 9.59 Å². The maximum Gasteiger partial charge on any atom is 0.259 e. The van der Waals surface area contributed by atoms with Crippen LogP contribution < -0.4 is 10.1 Å². The number of hydrogen-bond donors (Lipinski definition) is 1. The van der Waals surface area contributed by atoms with Gasteiger partial charge in [0.25, 0.3) is 5.91 Å². The lowest BCUT2D eigenvalue weighted by Gasteiger charge is -2.20. The van der Waals surface area contributed by atoms with Gasteiger partial charge in [0.1, 0.15) is 12.4 Å². The standard InChI is InChI=1S/C30H33N3O3/c1-18(2)13-14-32-15-23-27(21-9-11-22(12-10-21)36-17-19(3)4)29-25(16-33(20(5)34)30(29)35)31-24-7-6-8-26(32)28(23)24/h6-12,15,18,27,31H,3,13-14,16-17H2,1-2,4-5H3/t27-/m0/s1. The lowest BCUT2D eigenvalue weighted by molar-refractivity contribution is -0.139. The Kier molecular flexibility index (Phi) is 6.20. The van der Waals surface area contributed by atoms with E-state index in [0.717, 1.165) is 57.7 Å². The zero-order chi connectivity index (χ0) is 25.6. The SMILES string of the molecule is C=C(C)COc1ccc([C@@H]2C3=C(CN(C(C)=O)C3=O)Nc3cccc4c3c2cn4CCC(C)C)cc1. The monoisotopic (exact) mass is 483 g/mol. The number of carbonyl (C=O) groups excluding carboxylic acids is 2. The fraction of sp³-hybridized carbons (Fsp3) is 0.333. The minimum Gasteiger partial charge on any atom is -0.489 e. The molecule has 0 fully saturated rings. The molecule has 186 valence electrons. The number of nitrogens with one attached hydrogen (secondary N) is 1. The average molecular weight is 484 g/mol. The summed E-state index contributed by atoms with van der Waals surface area (Å²) in [5.41, 5.74) is 6.58. The molecule has 2 aromatic carbocycles. The van der Waals surface area contributed by atoms with Crippen molar-refractivity contribution in [3.63, 3.8) is 0 Å². The van der Waals surface area contributed by atoms with Crippen molar-refractivity contribution < 1.29 is 14.3 Å². The van der Waals surface area contributed by atoms with E-state index < -0.39 is 0 Å². The van der Waals surface area contributed by atoms with Gasteiger partial charge in [-0.1, -0.05) is 38.6 Å². The Morgan fingerprint density at radius 3 is 2.58 bits per heavy atom. The zero-order valence-electron chi connectivity index (χ0n) is 21.4. The van der Waals surface area contributed by atoms with Crippen LogP contribution in [-0.4, -0.2) is 34.4 Å². The van der Waals surface area contributed by atoms with Crippen molar-refractivity contribution in [2.45, 2.75) is 46.6 Å².